The Balaban J connectivity index is 1.80. The van der Waals surface area contributed by atoms with Crippen LogP contribution in [-0.2, 0) is 9.53 Å². The Bertz CT molecular complexity index is 285. The van der Waals surface area contributed by atoms with Crippen LogP contribution in [-0.4, -0.2) is 49.7 Å². The normalized spacial score (nSPS) is 27.6. The minimum atomic E-state index is 0.157. The number of nitrogens with zero attached hydrogens (tertiary/aromatic N) is 1. The number of ether oxygens (including phenoxy) is 1. The summed E-state index contributed by atoms with van der Waals surface area (Å²) in [5, 5.41) is 3.34. The first-order valence-electron chi connectivity index (χ1n) is 6.54. The smallest absolute Gasteiger partial charge is 0.246 e. The van der Waals surface area contributed by atoms with E-state index in [9.17, 15) is 4.79 Å². The van der Waals surface area contributed by atoms with Crippen molar-refractivity contribution in [2.45, 2.75) is 25.8 Å². The molecule has 0 aromatic rings. The maximum Gasteiger partial charge on any atom is 0.246 e. The lowest BCUT2D eigenvalue weighted by molar-refractivity contribution is -0.127. The van der Waals surface area contributed by atoms with Gasteiger partial charge >= 0.3 is 0 Å². The van der Waals surface area contributed by atoms with Gasteiger partial charge in [-0.05, 0) is 31.8 Å². The van der Waals surface area contributed by atoms with Gasteiger partial charge in [-0.2, -0.15) is 0 Å². The number of carbonyl (C=O) groups excluding carboxylic acids is 1. The van der Waals surface area contributed by atoms with E-state index in [-0.39, 0.29) is 5.91 Å². The number of amides is 1. The number of rotatable bonds is 2. The molecule has 0 bridgehead atoms. The molecule has 1 unspecified atom stereocenters. The highest BCUT2D eigenvalue weighted by Crippen LogP contribution is 2.16. The van der Waals surface area contributed by atoms with Gasteiger partial charge in [0.15, 0.2) is 0 Å². The monoisotopic (exact) mass is 238 g/mol. The number of carbonyl (C=O) groups is 1. The molecule has 1 amide bonds. The quantitative estimate of drug-likeness (QED) is 0.723. The summed E-state index contributed by atoms with van der Waals surface area (Å²) in [5.41, 5.74) is 0. The molecule has 0 aromatic carbocycles. The van der Waals surface area contributed by atoms with Gasteiger partial charge in [0.25, 0.3) is 0 Å². The molecule has 0 saturated carbocycles. The number of allylic oxidation sites excluding steroid dienone is 1. The Morgan fingerprint density at radius 1 is 1.41 bits per heavy atom. The SMILES string of the molecule is CC1CN(C(=O)/C=C/C2CCOCC2)CCN1. The van der Waals surface area contributed by atoms with Gasteiger partial charge in [0.2, 0.25) is 5.91 Å². The van der Waals surface area contributed by atoms with Crippen LogP contribution in [0.3, 0.4) is 0 Å². The largest absolute Gasteiger partial charge is 0.381 e. The Morgan fingerprint density at radius 3 is 2.88 bits per heavy atom. The fraction of sp³-hybridized carbons (Fsp3) is 0.769. The van der Waals surface area contributed by atoms with Gasteiger partial charge in [-0.1, -0.05) is 6.08 Å². The first-order valence-corrected chi connectivity index (χ1v) is 6.54. The van der Waals surface area contributed by atoms with Gasteiger partial charge in [0.05, 0.1) is 0 Å². The summed E-state index contributed by atoms with van der Waals surface area (Å²) in [6.07, 6.45) is 5.91. The average molecular weight is 238 g/mol. The van der Waals surface area contributed by atoms with Crippen molar-refractivity contribution < 1.29 is 9.53 Å². The Morgan fingerprint density at radius 2 is 2.18 bits per heavy atom. The van der Waals surface area contributed by atoms with Gasteiger partial charge in [-0.25, -0.2) is 0 Å². The lowest BCUT2D eigenvalue weighted by atomic mass is 10.00. The van der Waals surface area contributed by atoms with Gasteiger partial charge < -0.3 is 15.0 Å². The Kier molecular flexibility index (Phi) is 4.57. The van der Waals surface area contributed by atoms with E-state index in [1.165, 1.54) is 0 Å². The highest BCUT2D eigenvalue weighted by atomic mass is 16.5. The maximum absolute atomic E-state index is 12.0. The van der Waals surface area contributed by atoms with E-state index in [2.05, 4.69) is 18.3 Å². The Hall–Kier alpha value is -0.870. The van der Waals surface area contributed by atoms with Crippen molar-refractivity contribution in [3.63, 3.8) is 0 Å². The van der Waals surface area contributed by atoms with E-state index in [0.29, 0.717) is 12.0 Å². The van der Waals surface area contributed by atoms with Crippen LogP contribution in [0.25, 0.3) is 0 Å². The molecular weight excluding hydrogens is 216 g/mol. The molecule has 4 heteroatoms. The molecule has 2 heterocycles. The molecular formula is C13H22N2O2. The first kappa shape index (κ1) is 12.6. The highest BCUT2D eigenvalue weighted by Gasteiger charge is 2.19. The Labute approximate surface area is 103 Å². The molecule has 96 valence electrons. The fourth-order valence-corrected chi connectivity index (χ4v) is 2.36. The van der Waals surface area contributed by atoms with E-state index in [4.69, 9.17) is 4.74 Å². The lowest BCUT2D eigenvalue weighted by Gasteiger charge is -2.31. The average Bonchev–Trinajstić information content (AvgIpc) is 2.37. The van der Waals surface area contributed by atoms with Crippen LogP contribution in [0.4, 0.5) is 0 Å². The number of piperazine rings is 1. The minimum Gasteiger partial charge on any atom is -0.381 e. The van der Waals surface area contributed by atoms with Crippen LogP contribution in [0.1, 0.15) is 19.8 Å². The summed E-state index contributed by atoms with van der Waals surface area (Å²) in [4.78, 5) is 13.9. The van der Waals surface area contributed by atoms with Crippen LogP contribution < -0.4 is 5.32 Å². The standard InChI is InChI=1S/C13H22N2O2/c1-11-10-15(7-6-14-11)13(16)3-2-12-4-8-17-9-5-12/h2-3,11-12,14H,4-10H2,1H3/b3-2+. The van der Waals surface area contributed by atoms with E-state index < -0.39 is 0 Å². The molecule has 0 spiro atoms. The molecule has 0 aromatic heterocycles. The number of hydrogen-bond acceptors (Lipinski definition) is 3. The maximum atomic E-state index is 12.0. The molecule has 2 rings (SSSR count). The van der Waals surface area contributed by atoms with Crippen molar-refractivity contribution in [2.75, 3.05) is 32.8 Å². The summed E-state index contributed by atoms with van der Waals surface area (Å²) in [6.45, 7) is 6.31. The van der Waals surface area contributed by atoms with Crippen molar-refractivity contribution in [1.82, 2.24) is 10.2 Å². The van der Waals surface area contributed by atoms with Gasteiger partial charge in [0.1, 0.15) is 0 Å². The molecule has 2 aliphatic rings. The highest BCUT2D eigenvalue weighted by molar-refractivity contribution is 5.87. The van der Waals surface area contributed by atoms with Crippen LogP contribution in [0.15, 0.2) is 12.2 Å². The van der Waals surface area contributed by atoms with Crippen molar-refractivity contribution in [1.29, 1.82) is 0 Å². The molecule has 2 saturated heterocycles. The zero-order valence-electron chi connectivity index (χ0n) is 10.5. The van der Waals surface area contributed by atoms with Crippen molar-refractivity contribution >= 4 is 5.91 Å². The molecule has 0 aliphatic carbocycles. The summed E-state index contributed by atoms with van der Waals surface area (Å²) in [7, 11) is 0. The number of hydrogen-bond donors (Lipinski definition) is 1. The zero-order valence-corrected chi connectivity index (χ0v) is 10.5. The second-order valence-electron chi connectivity index (χ2n) is 4.95. The second-order valence-corrected chi connectivity index (χ2v) is 4.95. The van der Waals surface area contributed by atoms with Crippen LogP contribution in [0.5, 0.6) is 0 Å². The first-order chi connectivity index (χ1) is 8.25. The summed E-state index contributed by atoms with van der Waals surface area (Å²) in [5.74, 6) is 0.679. The predicted molar refractivity (Wildman–Crippen MR) is 66.7 cm³/mol. The van der Waals surface area contributed by atoms with E-state index >= 15 is 0 Å². The molecule has 2 fully saturated rings. The molecule has 1 N–H and O–H groups in total. The van der Waals surface area contributed by atoms with Crippen LogP contribution in [0, 0.1) is 5.92 Å². The van der Waals surface area contributed by atoms with E-state index in [1.54, 1.807) is 6.08 Å². The van der Waals surface area contributed by atoms with E-state index in [0.717, 1.165) is 45.7 Å². The molecule has 17 heavy (non-hydrogen) atoms. The van der Waals surface area contributed by atoms with Gasteiger partial charge in [-0.3, -0.25) is 4.79 Å². The topological polar surface area (TPSA) is 41.6 Å². The third-order valence-corrected chi connectivity index (χ3v) is 3.46. The number of nitrogens with one attached hydrogen (secondary N) is 1. The van der Waals surface area contributed by atoms with Crippen LogP contribution in [0.2, 0.25) is 0 Å². The van der Waals surface area contributed by atoms with Gasteiger partial charge in [-0.15, -0.1) is 0 Å². The van der Waals surface area contributed by atoms with Crippen molar-refractivity contribution in [2.24, 2.45) is 5.92 Å². The molecule has 1 atom stereocenters. The van der Waals surface area contributed by atoms with Gasteiger partial charge in [0, 0.05) is 38.9 Å². The third-order valence-electron chi connectivity index (χ3n) is 3.46. The zero-order chi connectivity index (χ0) is 12.1. The summed E-state index contributed by atoms with van der Waals surface area (Å²) < 4.78 is 5.30. The molecule has 4 nitrogen and oxygen atoms in total. The van der Waals surface area contributed by atoms with Crippen LogP contribution >= 0.6 is 0 Å². The van der Waals surface area contributed by atoms with Crippen molar-refractivity contribution in [3.05, 3.63) is 12.2 Å². The van der Waals surface area contributed by atoms with E-state index in [1.807, 2.05) is 4.90 Å². The summed E-state index contributed by atoms with van der Waals surface area (Å²) in [6, 6.07) is 0.407. The summed E-state index contributed by atoms with van der Waals surface area (Å²) >= 11 is 0. The molecule has 2 aliphatic heterocycles. The lowest BCUT2D eigenvalue weighted by Crippen LogP contribution is -2.50. The fourth-order valence-electron chi connectivity index (χ4n) is 2.36. The molecule has 0 radical (unpaired) electrons. The predicted octanol–water partition coefficient (Wildman–Crippen LogP) is 0.790. The minimum absolute atomic E-state index is 0.157. The second kappa shape index (κ2) is 6.17. The third kappa shape index (κ3) is 3.82. The van der Waals surface area contributed by atoms with Crippen molar-refractivity contribution in [3.8, 4) is 0 Å².